The van der Waals surface area contributed by atoms with Crippen molar-refractivity contribution in [3.05, 3.63) is 0 Å². The van der Waals surface area contributed by atoms with Crippen LogP contribution in [0.3, 0.4) is 0 Å². The van der Waals surface area contributed by atoms with Gasteiger partial charge in [-0.3, -0.25) is 0 Å². The second-order valence-electron chi connectivity index (χ2n) is 3.20. The molecule has 0 radical (unpaired) electrons. The van der Waals surface area contributed by atoms with Crippen LogP contribution in [0.25, 0.3) is 0 Å². The van der Waals surface area contributed by atoms with Gasteiger partial charge in [0.15, 0.2) is 0 Å². The van der Waals surface area contributed by atoms with Crippen molar-refractivity contribution in [3.8, 4) is 0 Å². The number of rotatable bonds is 7. The number of nitrogens with two attached hydrogens (primary N) is 1. The molecular weight excluding hydrogens is 244 g/mol. The Hall–Kier alpha value is 0.790. The van der Waals surface area contributed by atoms with E-state index in [0.717, 1.165) is 12.8 Å². The van der Waals surface area contributed by atoms with E-state index in [1.807, 2.05) is 0 Å². The van der Waals surface area contributed by atoms with Crippen LogP contribution in [0.4, 0.5) is 0 Å². The topological polar surface area (TPSA) is 35.2 Å². The summed E-state index contributed by atoms with van der Waals surface area (Å²) in [6, 6.07) is 0. The maximum Gasteiger partial charge on any atom is 0.217 e. The van der Waals surface area contributed by atoms with Gasteiger partial charge in [-0.1, -0.05) is 61.0 Å². The quantitative estimate of drug-likeness (QED) is 0.564. The molecule has 0 aliphatic rings. The largest absolute Gasteiger partial charge is 0.372 e. The standard InChI is InChI=1S/C9H18Cl3NO/c1-2-3-4-5-6-14-8(7-13)9(10,11)12/h8H,2-7,13H2,1H3. The summed E-state index contributed by atoms with van der Waals surface area (Å²) in [5, 5.41) is 0. The van der Waals surface area contributed by atoms with Crippen molar-refractivity contribution in [3.63, 3.8) is 0 Å². The molecule has 0 aromatic carbocycles. The first-order valence-electron chi connectivity index (χ1n) is 4.90. The van der Waals surface area contributed by atoms with Gasteiger partial charge in [0.1, 0.15) is 6.10 Å². The predicted molar refractivity (Wildman–Crippen MR) is 63.2 cm³/mol. The molecule has 0 saturated carbocycles. The Morgan fingerprint density at radius 3 is 2.29 bits per heavy atom. The van der Waals surface area contributed by atoms with E-state index in [2.05, 4.69) is 6.92 Å². The molecule has 0 fully saturated rings. The maximum atomic E-state index is 5.67. The summed E-state index contributed by atoms with van der Waals surface area (Å²) < 4.78 is 3.96. The van der Waals surface area contributed by atoms with E-state index in [1.165, 1.54) is 12.8 Å². The average Bonchev–Trinajstić information content (AvgIpc) is 2.09. The van der Waals surface area contributed by atoms with Crippen LogP contribution < -0.4 is 5.73 Å². The van der Waals surface area contributed by atoms with Gasteiger partial charge in [0.2, 0.25) is 3.79 Å². The van der Waals surface area contributed by atoms with Crippen molar-refractivity contribution in [1.29, 1.82) is 0 Å². The average molecular weight is 263 g/mol. The zero-order valence-electron chi connectivity index (χ0n) is 8.44. The van der Waals surface area contributed by atoms with E-state index < -0.39 is 9.90 Å². The molecule has 0 bridgehead atoms. The summed E-state index contributed by atoms with van der Waals surface area (Å²) >= 11 is 17.0. The molecule has 0 saturated heterocycles. The summed E-state index contributed by atoms with van der Waals surface area (Å²) in [5.74, 6) is 0. The summed E-state index contributed by atoms with van der Waals surface area (Å²) in [6.45, 7) is 2.99. The van der Waals surface area contributed by atoms with E-state index >= 15 is 0 Å². The molecule has 0 rings (SSSR count). The van der Waals surface area contributed by atoms with Gasteiger partial charge in [-0.25, -0.2) is 0 Å². The first-order chi connectivity index (χ1) is 6.52. The highest BCUT2D eigenvalue weighted by Gasteiger charge is 2.32. The lowest BCUT2D eigenvalue weighted by molar-refractivity contribution is 0.0590. The first kappa shape index (κ1) is 14.8. The molecule has 2 N–H and O–H groups in total. The van der Waals surface area contributed by atoms with Crippen molar-refractivity contribution >= 4 is 34.8 Å². The molecule has 0 aliphatic carbocycles. The molecule has 0 aromatic heterocycles. The summed E-state index contributed by atoms with van der Waals surface area (Å²) in [5.41, 5.74) is 5.42. The van der Waals surface area contributed by atoms with E-state index in [1.54, 1.807) is 0 Å². The van der Waals surface area contributed by atoms with Crippen LogP contribution in [0.5, 0.6) is 0 Å². The minimum atomic E-state index is -1.42. The van der Waals surface area contributed by atoms with Gasteiger partial charge in [0.25, 0.3) is 0 Å². The lowest BCUT2D eigenvalue weighted by Crippen LogP contribution is -2.36. The van der Waals surface area contributed by atoms with Crippen molar-refractivity contribution in [1.82, 2.24) is 0 Å². The van der Waals surface area contributed by atoms with Crippen LogP contribution in [0.15, 0.2) is 0 Å². The van der Waals surface area contributed by atoms with E-state index in [0.29, 0.717) is 6.61 Å². The fourth-order valence-corrected chi connectivity index (χ4v) is 1.51. The Balaban J connectivity index is 3.54. The molecule has 0 spiro atoms. The second-order valence-corrected chi connectivity index (χ2v) is 5.57. The predicted octanol–water partition coefficient (Wildman–Crippen LogP) is 3.28. The van der Waals surface area contributed by atoms with Crippen LogP contribution in [-0.4, -0.2) is 23.0 Å². The lowest BCUT2D eigenvalue weighted by atomic mass is 10.2. The monoisotopic (exact) mass is 261 g/mol. The minimum Gasteiger partial charge on any atom is -0.372 e. The van der Waals surface area contributed by atoms with Gasteiger partial charge in [-0.2, -0.15) is 0 Å². The van der Waals surface area contributed by atoms with Crippen LogP contribution >= 0.6 is 34.8 Å². The molecule has 0 aliphatic heterocycles. The van der Waals surface area contributed by atoms with Crippen molar-refractivity contribution in [2.24, 2.45) is 5.73 Å². The van der Waals surface area contributed by atoms with Gasteiger partial charge in [0.05, 0.1) is 0 Å². The summed E-state index contributed by atoms with van der Waals surface area (Å²) in [4.78, 5) is 0. The number of ether oxygens (including phenoxy) is 1. The maximum absolute atomic E-state index is 5.67. The molecular formula is C9H18Cl3NO. The Morgan fingerprint density at radius 2 is 1.86 bits per heavy atom. The van der Waals surface area contributed by atoms with E-state index in [-0.39, 0.29) is 6.54 Å². The Kier molecular flexibility index (Phi) is 8.45. The number of hydrogen-bond donors (Lipinski definition) is 1. The highest BCUT2D eigenvalue weighted by atomic mass is 35.6. The number of halogens is 3. The van der Waals surface area contributed by atoms with Gasteiger partial charge in [-0.15, -0.1) is 0 Å². The zero-order chi connectivity index (χ0) is 11.0. The number of alkyl halides is 3. The van der Waals surface area contributed by atoms with E-state index in [4.69, 9.17) is 45.3 Å². The van der Waals surface area contributed by atoms with Gasteiger partial charge in [-0.05, 0) is 6.42 Å². The van der Waals surface area contributed by atoms with E-state index in [9.17, 15) is 0 Å². The smallest absolute Gasteiger partial charge is 0.217 e. The normalized spacial score (nSPS) is 14.4. The van der Waals surface area contributed by atoms with Crippen LogP contribution in [0.1, 0.15) is 32.6 Å². The highest BCUT2D eigenvalue weighted by molar-refractivity contribution is 6.68. The number of hydrogen-bond acceptors (Lipinski definition) is 2. The van der Waals surface area contributed by atoms with Crippen LogP contribution in [-0.2, 0) is 4.74 Å². The fraction of sp³-hybridized carbons (Fsp3) is 1.00. The molecule has 1 atom stereocenters. The zero-order valence-corrected chi connectivity index (χ0v) is 10.7. The highest BCUT2D eigenvalue weighted by Crippen LogP contribution is 2.31. The fourth-order valence-electron chi connectivity index (χ4n) is 1.05. The number of unbranched alkanes of at least 4 members (excludes halogenated alkanes) is 3. The molecule has 0 aromatic rings. The molecule has 5 heteroatoms. The summed E-state index contributed by atoms with van der Waals surface area (Å²) in [7, 11) is 0. The molecule has 86 valence electrons. The minimum absolute atomic E-state index is 0.226. The Morgan fingerprint density at radius 1 is 1.21 bits per heavy atom. The van der Waals surface area contributed by atoms with Crippen molar-refractivity contribution in [2.45, 2.75) is 42.5 Å². The molecule has 14 heavy (non-hydrogen) atoms. The molecule has 0 heterocycles. The Bertz CT molecular complexity index is 139. The van der Waals surface area contributed by atoms with Crippen molar-refractivity contribution in [2.75, 3.05) is 13.2 Å². The van der Waals surface area contributed by atoms with Gasteiger partial charge in [0, 0.05) is 13.2 Å². The third kappa shape index (κ3) is 7.13. The van der Waals surface area contributed by atoms with Crippen LogP contribution in [0, 0.1) is 0 Å². The van der Waals surface area contributed by atoms with Crippen molar-refractivity contribution < 1.29 is 4.74 Å². The van der Waals surface area contributed by atoms with Gasteiger partial charge >= 0.3 is 0 Å². The summed E-state index contributed by atoms with van der Waals surface area (Å²) in [6.07, 6.45) is 4.04. The molecule has 0 amide bonds. The van der Waals surface area contributed by atoms with Crippen LogP contribution in [0.2, 0.25) is 0 Å². The SMILES string of the molecule is CCCCCCOC(CN)C(Cl)(Cl)Cl. The second kappa shape index (κ2) is 8.00. The molecule has 2 nitrogen and oxygen atoms in total. The lowest BCUT2D eigenvalue weighted by Gasteiger charge is -2.23. The first-order valence-corrected chi connectivity index (χ1v) is 6.04. The third-order valence-corrected chi connectivity index (χ3v) is 2.63. The molecule has 1 unspecified atom stereocenters. The Labute approximate surface area is 101 Å². The third-order valence-electron chi connectivity index (χ3n) is 1.90. The van der Waals surface area contributed by atoms with Gasteiger partial charge < -0.3 is 10.5 Å².